The Morgan fingerprint density at radius 1 is 0.507 bits per heavy atom. The molecule has 0 spiro atoms. The summed E-state index contributed by atoms with van der Waals surface area (Å²) >= 11 is 0. The molecule has 0 radical (unpaired) electrons. The molecule has 408 valence electrons. The minimum absolute atomic E-state index is 0.0512. The summed E-state index contributed by atoms with van der Waals surface area (Å²) in [5.74, 6) is -1.31. The van der Waals surface area contributed by atoms with E-state index in [4.69, 9.17) is 18.5 Å². The summed E-state index contributed by atoms with van der Waals surface area (Å²) in [4.78, 5) is 54.4. The third kappa shape index (κ3) is 36.7. The standard InChI is InChI=1S/C52H88O17P2/c1-3-4-5-6-7-8-9-10-11-12-13-14-15-18-21-24-27-30-33-36-39-45(54)65-41-44(42-66-71(63,64)69-52-49(58)47(56)48(57)51(50(52)59)68-70(60,61)62)67-46(55)40-37-34-31-28-25-22-19-16-17-20-23-26-29-32-35-38-43(2)53/h8-9,11-12,14-15,17,19-20,22,26,28-29,31,43-44,47-53,56-59H,3-7,10,13,16,18,21,23-25,27,30,32-42H2,1-2H3,(H,63,64)(H2,60,61,62)/b9-8-,12-11-,15-14-,20-17-,22-19-,29-26-,31-28-/t43-,44+,47?,48?,49?,50?,51+,52-/m0/s1. The minimum Gasteiger partial charge on any atom is -0.462 e. The smallest absolute Gasteiger partial charge is 0.462 e. The highest BCUT2D eigenvalue weighted by atomic mass is 31.2. The third-order valence-electron chi connectivity index (χ3n) is 11.2. The van der Waals surface area contributed by atoms with Crippen molar-refractivity contribution in [3.63, 3.8) is 0 Å². The van der Waals surface area contributed by atoms with E-state index in [2.05, 4.69) is 78.3 Å². The van der Waals surface area contributed by atoms with Gasteiger partial charge in [0, 0.05) is 12.8 Å². The van der Waals surface area contributed by atoms with Gasteiger partial charge in [-0.15, -0.1) is 0 Å². The highest BCUT2D eigenvalue weighted by Gasteiger charge is 2.54. The monoisotopic (exact) mass is 1050 g/mol. The Kier molecular flexibility index (Phi) is 38.7. The number of carbonyl (C=O) groups excluding carboxylic acids is 2. The van der Waals surface area contributed by atoms with Crippen molar-refractivity contribution in [2.24, 2.45) is 0 Å². The maximum absolute atomic E-state index is 13.0. The lowest BCUT2D eigenvalue weighted by molar-refractivity contribution is -0.216. The van der Waals surface area contributed by atoms with E-state index in [0.29, 0.717) is 25.7 Å². The Bertz CT molecular complexity index is 1700. The van der Waals surface area contributed by atoms with Crippen LogP contribution in [0.5, 0.6) is 0 Å². The lowest BCUT2D eigenvalue weighted by Gasteiger charge is -2.43. The number of rotatable bonds is 42. The number of aliphatic hydroxyl groups is 5. The van der Waals surface area contributed by atoms with Gasteiger partial charge in [0.05, 0.1) is 12.7 Å². The van der Waals surface area contributed by atoms with Crippen molar-refractivity contribution in [2.75, 3.05) is 13.2 Å². The summed E-state index contributed by atoms with van der Waals surface area (Å²) < 4.78 is 49.4. The quantitative estimate of drug-likeness (QED) is 0.0122. The van der Waals surface area contributed by atoms with Crippen LogP contribution in [0.1, 0.15) is 168 Å². The Balaban J connectivity index is 2.60. The molecular formula is C52H88O17P2. The molecule has 0 aromatic rings. The van der Waals surface area contributed by atoms with Crippen molar-refractivity contribution >= 4 is 27.6 Å². The molecule has 19 heteroatoms. The van der Waals surface area contributed by atoms with Gasteiger partial charge in [0.1, 0.15) is 43.2 Å². The van der Waals surface area contributed by atoms with Crippen molar-refractivity contribution < 1.29 is 82.0 Å². The van der Waals surface area contributed by atoms with Gasteiger partial charge in [-0.2, -0.15) is 0 Å². The lowest BCUT2D eigenvalue weighted by Crippen LogP contribution is -2.64. The second-order valence-corrected chi connectivity index (χ2v) is 20.4. The average Bonchev–Trinajstić information content (AvgIpc) is 3.32. The van der Waals surface area contributed by atoms with Crippen LogP contribution < -0.4 is 0 Å². The fourth-order valence-corrected chi connectivity index (χ4v) is 8.76. The number of aliphatic hydroxyl groups excluding tert-OH is 5. The summed E-state index contributed by atoms with van der Waals surface area (Å²) in [5.41, 5.74) is 0. The zero-order valence-corrected chi connectivity index (χ0v) is 44.0. The fraction of sp³-hybridized carbons (Fsp3) is 0.692. The molecule has 9 atom stereocenters. The lowest BCUT2D eigenvalue weighted by atomic mass is 9.85. The van der Waals surface area contributed by atoms with Gasteiger partial charge in [0.25, 0.3) is 0 Å². The van der Waals surface area contributed by atoms with Crippen LogP contribution in [-0.4, -0.2) is 114 Å². The molecule has 1 aliphatic carbocycles. The summed E-state index contributed by atoms with van der Waals surface area (Å²) in [6.45, 7) is 2.59. The number of hydrogen-bond acceptors (Lipinski definition) is 14. The number of carbonyl (C=O) groups is 2. The van der Waals surface area contributed by atoms with E-state index in [0.717, 1.165) is 89.9 Å². The second-order valence-electron chi connectivity index (χ2n) is 17.8. The van der Waals surface area contributed by atoms with Crippen molar-refractivity contribution in [3.8, 4) is 0 Å². The molecule has 1 rings (SSSR count). The maximum atomic E-state index is 13.0. The predicted octanol–water partition coefficient (Wildman–Crippen LogP) is 9.54. The van der Waals surface area contributed by atoms with E-state index < -0.39 is 83.5 Å². The van der Waals surface area contributed by atoms with Crippen LogP contribution in [0.25, 0.3) is 0 Å². The van der Waals surface area contributed by atoms with E-state index in [9.17, 15) is 58.9 Å². The molecule has 0 aromatic heterocycles. The van der Waals surface area contributed by atoms with Gasteiger partial charge in [-0.05, 0) is 103 Å². The van der Waals surface area contributed by atoms with E-state index in [1.165, 1.54) is 25.7 Å². The first-order valence-corrected chi connectivity index (χ1v) is 28.7. The molecule has 1 saturated carbocycles. The highest BCUT2D eigenvalue weighted by molar-refractivity contribution is 7.47. The first-order chi connectivity index (χ1) is 34.0. The summed E-state index contributed by atoms with van der Waals surface area (Å²) in [6, 6.07) is 0. The number of esters is 2. The number of allylic oxidation sites excluding steroid dienone is 14. The summed E-state index contributed by atoms with van der Waals surface area (Å²) in [7, 11) is -10.7. The van der Waals surface area contributed by atoms with Crippen molar-refractivity contribution in [1.82, 2.24) is 0 Å². The molecule has 0 heterocycles. The topological polar surface area (TPSA) is 276 Å². The largest absolute Gasteiger partial charge is 0.472 e. The predicted molar refractivity (Wildman–Crippen MR) is 275 cm³/mol. The first kappa shape index (κ1) is 66.2. The summed E-state index contributed by atoms with van der Waals surface area (Å²) in [5, 5.41) is 50.6. The van der Waals surface area contributed by atoms with Crippen LogP contribution in [-0.2, 0) is 41.8 Å². The van der Waals surface area contributed by atoms with Gasteiger partial charge in [-0.3, -0.25) is 23.2 Å². The molecular weight excluding hydrogens is 959 g/mol. The number of hydrogen-bond donors (Lipinski definition) is 8. The molecule has 0 aliphatic heterocycles. The summed E-state index contributed by atoms with van der Waals surface area (Å²) in [6.07, 6.45) is 35.2. The van der Waals surface area contributed by atoms with Crippen LogP contribution in [0.4, 0.5) is 0 Å². The Labute approximate surface area is 423 Å². The molecule has 0 amide bonds. The molecule has 0 saturated heterocycles. The van der Waals surface area contributed by atoms with E-state index in [1.54, 1.807) is 6.92 Å². The fourth-order valence-electron chi connectivity index (χ4n) is 7.22. The van der Waals surface area contributed by atoms with Crippen molar-refractivity contribution in [3.05, 3.63) is 85.1 Å². The number of unbranched alkanes of at least 4 members (excludes halogenated alkanes) is 12. The Hall–Kier alpha value is -2.86. The zero-order chi connectivity index (χ0) is 52.6. The van der Waals surface area contributed by atoms with E-state index in [1.807, 2.05) is 18.2 Å². The SMILES string of the molecule is CCCCCC/C=C\C/C=C\C/C=C\CCCCCCCCC(=O)OC[C@H](COP(=O)(O)O[C@H]1C(O)C(O)C(O)[C@@H](OP(=O)(O)O)C1O)OC(=O)CCC/C=C\C/C=C\C/C=C\C/C=C\CCC[C@H](C)O. The molecule has 8 N–H and O–H groups in total. The van der Waals surface area contributed by atoms with Crippen LogP contribution in [0, 0.1) is 0 Å². The number of phosphoric ester groups is 2. The molecule has 71 heavy (non-hydrogen) atoms. The van der Waals surface area contributed by atoms with Crippen molar-refractivity contribution in [2.45, 2.75) is 217 Å². The Morgan fingerprint density at radius 2 is 0.930 bits per heavy atom. The molecule has 1 aliphatic rings. The van der Waals surface area contributed by atoms with Gasteiger partial charge in [-0.1, -0.05) is 137 Å². The number of ether oxygens (including phenoxy) is 2. The van der Waals surface area contributed by atoms with Crippen LogP contribution in [0.3, 0.4) is 0 Å². The molecule has 0 aromatic carbocycles. The first-order valence-electron chi connectivity index (χ1n) is 25.7. The highest BCUT2D eigenvalue weighted by Crippen LogP contribution is 2.49. The second kappa shape index (κ2) is 41.5. The van der Waals surface area contributed by atoms with Gasteiger partial charge in [0.15, 0.2) is 6.10 Å². The molecule has 0 bridgehead atoms. The van der Waals surface area contributed by atoms with Gasteiger partial charge in [0.2, 0.25) is 0 Å². The van der Waals surface area contributed by atoms with Crippen molar-refractivity contribution in [1.29, 1.82) is 0 Å². The number of phosphoric acid groups is 2. The van der Waals surface area contributed by atoms with Gasteiger partial charge in [-0.25, -0.2) is 9.13 Å². The Morgan fingerprint density at radius 3 is 1.42 bits per heavy atom. The molecule has 1 fully saturated rings. The molecule has 17 nitrogen and oxygen atoms in total. The van der Waals surface area contributed by atoms with Gasteiger partial charge >= 0.3 is 27.6 Å². The average molecular weight is 1050 g/mol. The minimum atomic E-state index is -5.38. The van der Waals surface area contributed by atoms with Crippen LogP contribution in [0.2, 0.25) is 0 Å². The van der Waals surface area contributed by atoms with E-state index >= 15 is 0 Å². The normalized spacial score (nSPS) is 22.0. The molecule has 5 unspecified atom stereocenters. The maximum Gasteiger partial charge on any atom is 0.472 e. The van der Waals surface area contributed by atoms with Crippen LogP contribution in [0.15, 0.2) is 85.1 Å². The zero-order valence-electron chi connectivity index (χ0n) is 42.2. The van der Waals surface area contributed by atoms with E-state index in [-0.39, 0.29) is 18.9 Å². The van der Waals surface area contributed by atoms with Crippen LogP contribution >= 0.6 is 15.6 Å². The third-order valence-corrected chi connectivity index (χ3v) is 12.7. The van der Waals surface area contributed by atoms with Gasteiger partial charge < -0.3 is 49.7 Å².